The lowest BCUT2D eigenvalue weighted by atomic mass is 10.0. The molecule has 1 aromatic carbocycles. The van der Waals surface area contributed by atoms with Gasteiger partial charge >= 0.3 is 12.0 Å². The number of rotatable bonds is 8. The number of nitrogens with zero attached hydrogens (tertiary/aromatic N) is 1. The van der Waals surface area contributed by atoms with Crippen LogP contribution in [0.5, 0.6) is 0 Å². The average molecular weight is 320 g/mol. The van der Waals surface area contributed by atoms with Crippen LogP contribution in [0.1, 0.15) is 50.8 Å². The van der Waals surface area contributed by atoms with Crippen LogP contribution in [0, 0.1) is 12.8 Å². The fourth-order valence-corrected chi connectivity index (χ4v) is 2.57. The Bertz CT molecular complexity index is 529. The van der Waals surface area contributed by atoms with Gasteiger partial charge in [-0.1, -0.05) is 38.1 Å². The van der Waals surface area contributed by atoms with Crippen LogP contribution in [0.4, 0.5) is 4.79 Å². The molecule has 0 fully saturated rings. The number of hydrogen-bond acceptors (Lipinski definition) is 2. The molecule has 1 rings (SSSR count). The molecule has 23 heavy (non-hydrogen) atoms. The van der Waals surface area contributed by atoms with Gasteiger partial charge in [0, 0.05) is 19.5 Å². The Hall–Kier alpha value is -2.04. The first-order valence-electron chi connectivity index (χ1n) is 8.14. The van der Waals surface area contributed by atoms with Gasteiger partial charge in [0.2, 0.25) is 0 Å². The zero-order valence-corrected chi connectivity index (χ0v) is 14.5. The number of urea groups is 1. The van der Waals surface area contributed by atoms with Gasteiger partial charge in [0.1, 0.15) is 0 Å². The molecule has 2 N–H and O–H groups in total. The summed E-state index contributed by atoms with van der Waals surface area (Å²) in [5.74, 6) is -0.488. The second kappa shape index (κ2) is 9.18. The van der Waals surface area contributed by atoms with Crippen molar-refractivity contribution in [3.63, 3.8) is 0 Å². The van der Waals surface area contributed by atoms with Crippen LogP contribution < -0.4 is 5.32 Å². The van der Waals surface area contributed by atoms with E-state index in [-0.39, 0.29) is 18.5 Å². The average Bonchev–Trinajstić information content (AvgIpc) is 2.48. The number of carboxylic acid groups (broad SMARTS) is 1. The molecule has 0 saturated carbocycles. The lowest BCUT2D eigenvalue weighted by molar-refractivity contribution is -0.137. The molecule has 1 unspecified atom stereocenters. The Kier molecular flexibility index (Phi) is 7.59. The smallest absolute Gasteiger partial charge is 0.317 e. The molecule has 0 bridgehead atoms. The van der Waals surface area contributed by atoms with Gasteiger partial charge in [0.05, 0.1) is 6.04 Å². The second-order valence-corrected chi connectivity index (χ2v) is 6.31. The normalized spacial score (nSPS) is 12.0. The van der Waals surface area contributed by atoms with Crippen LogP contribution in [-0.4, -0.2) is 35.1 Å². The van der Waals surface area contributed by atoms with Gasteiger partial charge in [0.15, 0.2) is 0 Å². The molecular formula is C18H28N2O3. The van der Waals surface area contributed by atoms with Crippen LogP contribution in [-0.2, 0) is 4.79 Å². The highest BCUT2D eigenvalue weighted by molar-refractivity contribution is 5.75. The molecule has 5 heteroatoms. The van der Waals surface area contributed by atoms with Gasteiger partial charge in [0.25, 0.3) is 0 Å². The number of carbonyl (C=O) groups is 2. The Morgan fingerprint density at radius 2 is 1.87 bits per heavy atom. The molecule has 0 spiro atoms. The Labute approximate surface area is 138 Å². The molecule has 128 valence electrons. The molecule has 0 aromatic heterocycles. The molecule has 0 aliphatic carbocycles. The van der Waals surface area contributed by atoms with Gasteiger partial charge in [-0.3, -0.25) is 4.79 Å². The van der Waals surface area contributed by atoms with Crippen molar-refractivity contribution in [2.75, 3.05) is 13.1 Å². The third-order valence-electron chi connectivity index (χ3n) is 3.77. The Balaban J connectivity index is 2.76. The molecule has 0 aliphatic heterocycles. The monoisotopic (exact) mass is 320 g/mol. The van der Waals surface area contributed by atoms with Gasteiger partial charge in [-0.05, 0) is 37.3 Å². The Morgan fingerprint density at radius 1 is 1.22 bits per heavy atom. The summed E-state index contributed by atoms with van der Waals surface area (Å²) in [4.78, 5) is 24.9. The summed E-state index contributed by atoms with van der Waals surface area (Å²) in [7, 11) is 0. The minimum atomic E-state index is -0.841. The number of nitrogens with one attached hydrogen (secondary N) is 1. The highest BCUT2D eigenvalue weighted by atomic mass is 16.4. The molecule has 2 amide bonds. The first kappa shape index (κ1) is 19.0. The highest BCUT2D eigenvalue weighted by Crippen LogP contribution is 2.24. The quantitative estimate of drug-likeness (QED) is 0.719. The molecule has 0 saturated heterocycles. The fourth-order valence-electron chi connectivity index (χ4n) is 2.57. The minimum absolute atomic E-state index is 0.0296. The van der Waals surface area contributed by atoms with E-state index in [1.165, 1.54) is 0 Å². The largest absolute Gasteiger partial charge is 0.481 e. The first-order valence-corrected chi connectivity index (χ1v) is 8.14. The second-order valence-electron chi connectivity index (χ2n) is 6.31. The van der Waals surface area contributed by atoms with Crippen molar-refractivity contribution in [1.82, 2.24) is 10.2 Å². The summed E-state index contributed by atoms with van der Waals surface area (Å²) < 4.78 is 0. The van der Waals surface area contributed by atoms with Gasteiger partial charge in [-0.25, -0.2) is 4.79 Å². The van der Waals surface area contributed by atoms with Gasteiger partial charge in [-0.2, -0.15) is 0 Å². The molecule has 5 nitrogen and oxygen atoms in total. The van der Waals surface area contributed by atoms with Crippen molar-refractivity contribution in [2.45, 2.75) is 46.6 Å². The van der Waals surface area contributed by atoms with Crippen molar-refractivity contribution in [2.24, 2.45) is 5.92 Å². The summed E-state index contributed by atoms with van der Waals surface area (Å²) in [5.41, 5.74) is 2.29. The lowest BCUT2D eigenvalue weighted by Gasteiger charge is -2.32. The van der Waals surface area contributed by atoms with E-state index in [0.29, 0.717) is 25.4 Å². The van der Waals surface area contributed by atoms with Gasteiger partial charge < -0.3 is 15.3 Å². The summed E-state index contributed by atoms with van der Waals surface area (Å²) in [5, 5.41) is 11.5. The molecule has 0 heterocycles. The number of carbonyl (C=O) groups excluding carboxylic acids is 1. The molecule has 0 aliphatic rings. The van der Waals surface area contributed by atoms with E-state index in [9.17, 15) is 9.59 Å². The lowest BCUT2D eigenvalue weighted by Crippen LogP contribution is -2.43. The SMILES string of the molecule is Cc1ccccc1C(C)N(CC(C)C)C(=O)NCCCC(=O)O. The zero-order chi connectivity index (χ0) is 17.4. The molecular weight excluding hydrogens is 292 g/mol. The van der Waals surface area contributed by atoms with Crippen LogP contribution in [0.25, 0.3) is 0 Å². The van der Waals surface area contributed by atoms with Crippen LogP contribution in [0.3, 0.4) is 0 Å². The number of aryl methyl sites for hydroxylation is 1. The van der Waals surface area contributed by atoms with Crippen molar-refractivity contribution in [3.8, 4) is 0 Å². The minimum Gasteiger partial charge on any atom is -0.481 e. The van der Waals surface area contributed by atoms with Gasteiger partial charge in [-0.15, -0.1) is 0 Å². The van der Waals surface area contributed by atoms with Crippen LogP contribution >= 0.6 is 0 Å². The third kappa shape index (κ3) is 6.30. The number of hydrogen-bond donors (Lipinski definition) is 2. The molecule has 0 radical (unpaired) electrons. The summed E-state index contributed by atoms with van der Waals surface area (Å²) >= 11 is 0. The van der Waals surface area contributed by atoms with E-state index in [1.807, 2.05) is 43.0 Å². The number of amides is 2. The van der Waals surface area contributed by atoms with Crippen molar-refractivity contribution in [1.29, 1.82) is 0 Å². The Morgan fingerprint density at radius 3 is 2.43 bits per heavy atom. The zero-order valence-electron chi connectivity index (χ0n) is 14.5. The maximum Gasteiger partial charge on any atom is 0.317 e. The van der Waals surface area contributed by atoms with Crippen LogP contribution in [0.15, 0.2) is 24.3 Å². The molecule has 1 atom stereocenters. The van der Waals surface area contributed by atoms with E-state index in [4.69, 9.17) is 5.11 Å². The predicted octanol–water partition coefficient (Wildman–Crippen LogP) is 3.59. The number of aliphatic carboxylic acids is 1. The number of benzene rings is 1. The van der Waals surface area contributed by atoms with Crippen molar-refractivity contribution >= 4 is 12.0 Å². The maximum absolute atomic E-state index is 12.5. The first-order chi connectivity index (χ1) is 10.8. The van der Waals surface area contributed by atoms with Crippen molar-refractivity contribution in [3.05, 3.63) is 35.4 Å². The predicted molar refractivity (Wildman–Crippen MR) is 91.4 cm³/mol. The summed E-state index contributed by atoms with van der Waals surface area (Å²) in [6.45, 7) is 9.26. The highest BCUT2D eigenvalue weighted by Gasteiger charge is 2.23. The van der Waals surface area contributed by atoms with E-state index >= 15 is 0 Å². The molecule has 1 aromatic rings. The topological polar surface area (TPSA) is 69.6 Å². The standard InChI is InChI=1S/C18H28N2O3/c1-13(2)12-20(18(23)19-11-7-10-17(21)22)15(4)16-9-6-5-8-14(16)3/h5-6,8-9,13,15H,7,10-12H2,1-4H3,(H,19,23)(H,21,22). The van der Waals surface area contributed by atoms with Crippen LogP contribution in [0.2, 0.25) is 0 Å². The third-order valence-corrected chi connectivity index (χ3v) is 3.77. The maximum atomic E-state index is 12.5. The van der Waals surface area contributed by atoms with E-state index in [2.05, 4.69) is 19.2 Å². The van der Waals surface area contributed by atoms with E-state index < -0.39 is 5.97 Å². The van der Waals surface area contributed by atoms with Crippen molar-refractivity contribution < 1.29 is 14.7 Å². The summed E-state index contributed by atoms with van der Waals surface area (Å²) in [6.07, 6.45) is 0.507. The fraction of sp³-hybridized carbons (Fsp3) is 0.556. The number of carboxylic acids is 1. The summed E-state index contributed by atoms with van der Waals surface area (Å²) in [6, 6.07) is 7.90. The van der Waals surface area contributed by atoms with E-state index in [1.54, 1.807) is 0 Å². The van der Waals surface area contributed by atoms with E-state index in [0.717, 1.165) is 11.1 Å².